The van der Waals surface area contributed by atoms with Crippen LogP contribution in [0.3, 0.4) is 0 Å². The van der Waals surface area contributed by atoms with Gasteiger partial charge in [0.1, 0.15) is 6.04 Å². The number of furan rings is 1. The normalized spacial score (nSPS) is 14.9. The van der Waals surface area contributed by atoms with Crippen LogP contribution < -0.4 is 10.2 Å². The summed E-state index contributed by atoms with van der Waals surface area (Å²) in [6.45, 7) is 3.98. The van der Waals surface area contributed by atoms with Crippen molar-refractivity contribution in [1.82, 2.24) is 5.32 Å². The molecule has 31 heavy (non-hydrogen) atoms. The van der Waals surface area contributed by atoms with Crippen LogP contribution in [0.25, 0.3) is 0 Å². The molecule has 3 aromatic rings. The van der Waals surface area contributed by atoms with Crippen molar-refractivity contribution in [3.8, 4) is 0 Å². The van der Waals surface area contributed by atoms with Crippen molar-refractivity contribution in [3.05, 3.63) is 89.4 Å². The minimum Gasteiger partial charge on any atom is -0.459 e. The molecule has 1 saturated carbocycles. The molecular formula is C26H28N2O3. The van der Waals surface area contributed by atoms with E-state index in [1.165, 1.54) is 6.26 Å². The number of nitrogens with one attached hydrogen (secondary N) is 1. The van der Waals surface area contributed by atoms with Gasteiger partial charge in [-0.25, -0.2) is 0 Å². The SMILES string of the molecule is Cc1cccc(N(C(=O)c2ccco2)C(C(=O)NC2CCCC2)c2ccccc2)c1C. The molecule has 0 saturated heterocycles. The molecule has 5 heteroatoms. The van der Waals surface area contributed by atoms with Gasteiger partial charge in [0.25, 0.3) is 5.91 Å². The number of hydrogen-bond donors (Lipinski definition) is 1. The topological polar surface area (TPSA) is 62.6 Å². The van der Waals surface area contributed by atoms with E-state index in [0.29, 0.717) is 5.69 Å². The molecule has 0 radical (unpaired) electrons. The van der Waals surface area contributed by atoms with E-state index in [-0.39, 0.29) is 23.6 Å². The number of rotatable bonds is 6. The Balaban J connectivity index is 1.83. The lowest BCUT2D eigenvalue weighted by molar-refractivity contribution is -0.123. The van der Waals surface area contributed by atoms with E-state index in [2.05, 4.69) is 5.32 Å². The van der Waals surface area contributed by atoms with Crippen molar-refractivity contribution in [1.29, 1.82) is 0 Å². The summed E-state index contributed by atoms with van der Waals surface area (Å²) in [4.78, 5) is 28.9. The molecular weight excluding hydrogens is 388 g/mol. The molecule has 0 aliphatic heterocycles. The lowest BCUT2D eigenvalue weighted by atomic mass is 9.99. The molecule has 0 spiro atoms. The molecule has 1 atom stereocenters. The molecule has 1 unspecified atom stereocenters. The van der Waals surface area contributed by atoms with E-state index >= 15 is 0 Å². The first kappa shape index (κ1) is 20.9. The molecule has 0 bridgehead atoms. The number of hydrogen-bond acceptors (Lipinski definition) is 3. The van der Waals surface area contributed by atoms with Crippen LogP contribution in [0.2, 0.25) is 0 Å². The summed E-state index contributed by atoms with van der Waals surface area (Å²) in [5, 5.41) is 3.20. The highest BCUT2D eigenvalue weighted by Gasteiger charge is 2.36. The Labute approximate surface area is 183 Å². The highest BCUT2D eigenvalue weighted by molar-refractivity contribution is 6.09. The zero-order chi connectivity index (χ0) is 21.8. The minimum atomic E-state index is -0.806. The number of carbonyl (C=O) groups excluding carboxylic acids is 2. The standard InChI is InChI=1S/C26H28N2O3/c1-18-10-8-15-22(19(18)2)28(26(30)23-16-9-17-31-23)24(20-11-4-3-5-12-20)25(29)27-21-13-6-7-14-21/h3-5,8-12,15-17,21,24H,6-7,13-14H2,1-2H3,(H,27,29). The quantitative estimate of drug-likeness (QED) is 0.590. The minimum absolute atomic E-state index is 0.151. The van der Waals surface area contributed by atoms with Crippen molar-refractivity contribution in [3.63, 3.8) is 0 Å². The second-order valence-electron chi connectivity index (χ2n) is 8.17. The molecule has 4 rings (SSSR count). The second-order valence-corrected chi connectivity index (χ2v) is 8.17. The van der Waals surface area contributed by atoms with Gasteiger partial charge < -0.3 is 9.73 Å². The predicted octanol–water partition coefficient (Wildman–Crippen LogP) is 5.34. The van der Waals surface area contributed by atoms with Crippen molar-refractivity contribution < 1.29 is 14.0 Å². The summed E-state index contributed by atoms with van der Waals surface area (Å²) in [6.07, 6.45) is 5.66. The van der Waals surface area contributed by atoms with Gasteiger partial charge in [-0.2, -0.15) is 0 Å². The van der Waals surface area contributed by atoms with Gasteiger partial charge in [0, 0.05) is 11.7 Å². The summed E-state index contributed by atoms with van der Waals surface area (Å²) < 4.78 is 5.44. The predicted molar refractivity (Wildman–Crippen MR) is 121 cm³/mol. The highest BCUT2D eigenvalue weighted by Crippen LogP contribution is 2.33. The van der Waals surface area contributed by atoms with Gasteiger partial charge in [-0.3, -0.25) is 14.5 Å². The molecule has 160 valence electrons. The molecule has 1 fully saturated rings. The van der Waals surface area contributed by atoms with Crippen molar-refractivity contribution in [2.75, 3.05) is 4.90 Å². The number of anilines is 1. The maximum Gasteiger partial charge on any atom is 0.294 e. The van der Waals surface area contributed by atoms with Gasteiger partial charge in [0.2, 0.25) is 5.91 Å². The Kier molecular flexibility index (Phi) is 6.21. The van der Waals surface area contributed by atoms with Gasteiger partial charge in [0.05, 0.1) is 6.26 Å². The van der Waals surface area contributed by atoms with E-state index in [0.717, 1.165) is 42.4 Å². The molecule has 2 aromatic carbocycles. The van der Waals surface area contributed by atoms with Crippen LogP contribution in [-0.4, -0.2) is 17.9 Å². The fourth-order valence-corrected chi connectivity index (χ4v) is 4.28. The number of benzene rings is 2. The van der Waals surface area contributed by atoms with Crippen molar-refractivity contribution in [2.24, 2.45) is 0 Å². The maximum absolute atomic E-state index is 13.7. The van der Waals surface area contributed by atoms with E-state index in [1.807, 2.05) is 62.4 Å². The zero-order valence-electron chi connectivity index (χ0n) is 18.0. The first-order valence-electron chi connectivity index (χ1n) is 10.8. The summed E-state index contributed by atoms with van der Waals surface area (Å²) in [5.41, 5.74) is 3.48. The summed E-state index contributed by atoms with van der Waals surface area (Å²) in [7, 11) is 0. The summed E-state index contributed by atoms with van der Waals surface area (Å²) in [6, 6.07) is 18.0. The second kappa shape index (κ2) is 9.21. The molecule has 5 nitrogen and oxygen atoms in total. The summed E-state index contributed by atoms with van der Waals surface area (Å²) >= 11 is 0. The Hall–Kier alpha value is -3.34. The molecule has 1 aliphatic rings. The van der Waals surface area contributed by atoms with Gasteiger partial charge in [0.15, 0.2) is 5.76 Å². The third kappa shape index (κ3) is 4.41. The monoisotopic (exact) mass is 416 g/mol. The number of carbonyl (C=O) groups is 2. The third-order valence-electron chi connectivity index (χ3n) is 6.11. The third-order valence-corrected chi connectivity index (χ3v) is 6.11. The summed E-state index contributed by atoms with van der Waals surface area (Å²) in [5.74, 6) is -0.302. The van der Waals surface area contributed by atoms with Crippen LogP contribution in [0.1, 0.15) is 59.0 Å². The zero-order valence-corrected chi connectivity index (χ0v) is 18.0. The first-order valence-corrected chi connectivity index (χ1v) is 10.8. The molecule has 1 aliphatic carbocycles. The van der Waals surface area contributed by atoms with Gasteiger partial charge >= 0.3 is 0 Å². The molecule has 1 N–H and O–H groups in total. The fourth-order valence-electron chi connectivity index (χ4n) is 4.28. The van der Waals surface area contributed by atoms with Crippen LogP contribution in [0.5, 0.6) is 0 Å². The smallest absolute Gasteiger partial charge is 0.294 e. The van der Waals surface area contributed by atoms with Gasteiger partial charge in [-0.1, -0.05) is 55.3 Å². The fraction of sp³-hybridized carbons (Fsp3) is 0.308. The number of aryl methyl sites for hydroxylation is 1. The number of amides is 2. The Bertz CT molecular complexity index is 1040. The van der Waals surface area contributed by atoms with Crippen LogP contribution in [0.4, 0.5) is 5.69 Å². The number of nitrogens with zero attached hydrogens (tertiary/aromatic N) is 1. The van der Waals surface area contributed by atoms with E-state index in [4.69, 9.17) is 4.42 Å². The lowest BCUT2D eigenvalue weighted by Gasteiger charge is -2.33. The molecule has 2 amide bonds. The maximum atomic E-state index is 13.7. The van der Waals surface area contributed by atoms with E-state index in [1.54, 1.807) is 17.0 Å². The highest BCUT2D eigenvalue weighted by atomic mass is 16.3. The van der Waals surface area contributed by atoms with Crippen molar-refractivity contribution in [2.45, 2.75) is 51.6 Å². The Morgan fingerprint density at radius 1 is 0.968 bits per heavy atom. The average molecular weight is 417 g/mol. The van der Waals surface area contributed by atoms with Crippen LogP contribution in [0.15, 0.2) is 71.3 Å². The van der Waals surface area contributed by atoms with Crippen LogP contribution in [-0.2, 0) is 4.79 Å². The lowest BCUT2D eigenvalue weighted by Crippen LogP contribution is -2.46. The molecule has 1 heterocycles. The van der Waals surface area contributed by atoms with E-state index in [9.17, 15) is 9.59 Å². The van der Waals surface area contributed by atoms with Gasteiger partial charge in [-0.15, -0.1) is 0 Å². The largest absolute Gasteiger partial charge is 0.459 e. The van der Waals surface area contributed by atoms with Gasteiger partial charge in [-0.05, 0) is 61.6 Å². The van der Waals surface area contributed by atoms with Crippen LogP contribution in [0, 0.1) is 13.8 Å². The Morgan fingerprint density at radius 3 is 2.39 bits per heavy atom. The Morgan fingerprint density at radius 2 is 1.71 bits per heavy atom. The first-order chi connectivity index (χ1) is 15.1. The van der Waals surface area contributed by atoms with E-state index < -0.39 is 6.04 Å². The van der Waals surface area contributed by atoms with Crippen LogP contribution >= 0.6 is 0 Å². The van der Waals surface area contributed by atoms with Crippen molar-refractivity contribution >= 4 is 17.5 Å². The average Bonchev–Trinajstić information content (AvgIpc) is 3.49. The molecule has 1 aromatic heterocycles.